The molecule has 18 heavy (non-hydrogen) atoms. The molecular weight excluding hydrogens is 247 g/mol. The van der Waals surface area contributed by atoms with E-state index in [0.29, 0.717) is 11.6 Å². The van der Waals surface area contributed by atoms with Gasteiger partial charge in [0.05, 0.1) is 12.1 Å². The number of hydrogen-bond donors (Lipinski definition) is 1. The maximum absolute atomic E-state index is 13.7. The average molecular weight is 266 g/mol. The van der Waals surface area contributed by atoms with E-state index in [9.17, 15) is 4.39 Å². The number of benzene rings is 1. The van der Waals surface area contributed by atoms with Crippen LogP contribution in [-0.2, 0) is 0 Å². The highest BCUT2D eigenvalue weighted by Gasteiger charge is 2.17. The third-order valence-corrected chi connectivity index (χ3v) is 4.11. The number of amidine groups is 1. The van der Waals surface area contributed by atoms with Crippen LogP contribution in [0.1, 0.15) is 38.3 Å². The molecule has 0 radical (unpaired) electrons. The molecule has 4 heteroatoms. The summed E-state index contributed by atoms with van der Waals surface area (Å²) in [5, 5.41) is 4.26. The maximum atomic E-state index is 13.7. The Hall–Kier alpha value is -1.03. The van der Waals surface area contributed by atoms with Crippen molar-refractivity contribution in [1.82, 2.24) is 5.32 Å². The number of nitrogens with zero attached hydrogens (tertiary/aromatic N) is 1. The summed E-state index contributed by atoms with van der Waals surface area (Å²) in [6, 6.07) is 7.26. The van der Waals surface area contributed by atoms with Gasteiger partial charge in [-0.2, -0.15) is 0 Å². The Morgan fingerprint density at radius 2 is 2.28 bits per heavy atom. The summed E-state index contributed by atoms with van der Waals surface area (Å²) in [5.41, 5.74) is 0.694. The van der Waals surface area contributed by atoms with Crippen molar-refractivity contribution in [1.29, 1.82) is 0 Å². The summed E-state index contributed by atoms with van der Waals surface area (Å²) in [7, 11) is 0. The fourth-order valence-electron chi connectivity index (χ4n) is 2.02. The molecule has 1 N–H and O–H groups in total. The molecule has 2 rings (SSSR count). The molecule has 1 aromatic carbocycles. The van der Waals surface area contributed by atoms with Gasteiger partial charge in [-0.25, -0.2) is 4.39 Å². The van der Waals surface area contributed by atoms with Gasteiger partial charge < -0.3 is 5.32 Å². The maximum Gasteiger partial charge on any atom is 0.157 e. The second-order valence-corrected chi connectivity index (χ2v) is 5.60. The third-order valence-electron chi connectivity index (χ3n) is 3.17. The van der Waals surface area contributed by atoms with E-state index in [4.69, 9.17) is 0 Å². The molecule has 0 saturated carbocycles. The standard InChI is InChI=1S/C14H19FN2S/c1-3-11-8-9-18-14(17-11)16-10(2)12-6-4-5-7-13(12)15/h4-7,10-11H,3,8-9H2,1-2H3,(H,16,17). The summed E-state index contributed by atoms with van der Waals surface area (Å²) in [5.74, 6) is 0.930. The molecular formula is C14H19FN2S. The number of hydrogen-bond acceptors (Lipinski definition) is 3. The van der Waals surface area contributed by atoms with E-state index in [0.717, 1.165) is 23.8 Å². The quantitative estimate of drug-likeness (QED) is 0.901. The normalized spacial score (nSPS) is 21.3. The van der Waals surface area contributed by atoms with E-state index in [-0.39, 0.29) is 11.9 Å². The lowest BCUT2D eigenvalue weighted by atomic mass is 10.1. The second-order valence-electron chi connectivity index (χ2n) is 4.52. The van der Waals surface area contributed by atoms with Crippen molar-refractivity contribution in [3.8, 4) is 0 Å². The van der Waals surface area contributed by atoms with Gasteiger partial charge in [0.2, 0.25) is 0 Å². The van der Waals surface area contributed by atoms with Gasteiger partial charge in [-0.3, -0.25) is 4.99 Å². The van der Waals surface area contributed by atoms with E-state index < -0.39 is 0 Å². The van der Waals surface area contributed by atoms with Crippen molar-refractivity contribution >= 4 is 16.9 Å². The summed E-state index contributed by atoms with van der Waals surface area (Å²) >= 11 is 1.73. The Morgan fingerprint density at radius 3 is 3.00 bits per heavy atom. The van der Waals surface area contributed by atoms with Crippen LogP contribution in [0.2, 0.25) is 0 Å². The van der Waals surface area contributed by atoms with E-state index in [2.05, 4.69) is 17.2 Å². The third kappa shape index (κ3) is 3.25. The number of rotatable bonds is 3. The Balaban J connectivity index is 2.05. The second kappa shape index (κ2) is 6.23. The van der Waals surface area contributed by atoms with Crippen molar-refractivity contribution in [2.24, 2.45) is 4.99 Å². The highest BCUT2D eigenvalue weighted by molar-refractivity contribution is 8.13. The summed E-state index contributed by atoms with van der Waals surface area (Å²) < 4.78 is 13.7. The van der Waals surface area contributed by atoms with Crippen LogP contribution in [0.25, 0.3) is 0 Å². The summed E-state index contributed by atoms with van der Waals surface area (Å²) in [6.45, 7) is 4.12. The molecule has 0 aliphatic carbocycles. The van der Waals surface area contributed by atoms with E-state index >= 15 is 0 Å². The Kier molecular flexibility index (Phi) is 4.64. The van der Waals surface area contributed by atoms with Gasteiger partial charge in [-0.1, -0.05) is 36.9 Å². The molecule has 1 heterocycles. The Bertz CT molecular complexity index is 434. The summed E-state index contributed by atoms with van der Waals surface area (Å²) in [6.07, 6.45) is 2.21. The van der Waals surface area contributed by atoms with Gasteiger partial charge >= 0.3 is 0 Å². The molecule has 2 unspecified atom stereocenters. The number of aliphatic imine (C=N–C) groups is 1. The molecule has 1 aliphatic heterocycles. The fraction of sp³-hybridized carbons (Fsp3) is 0.500. The number of nitrogens with one attached hydrogen (secondary N) is 1. The van der Waals surface area contributed by atoms with Crippen LogP contribution in [0.3, 0.4) is 0 Å². The molecule has 0 bridgehead atoms. The van der Waals surface area contributed by atoms with E-state index in [1.807, 2.05) is 19.1 Å². The zero-order valence-corrected chi connectivity index (χ0v) is 11.6. The van der Waals surface area contributed by atoms with E-state index in [1.54, 1.807) is 17.8 Å². The van der Waals surface area contributed by atoms with Gasteiger partial charge in [0, 0.05) is 11.3 Å². The molecule has 0 saturated heterocycles. The first kappa shape index (κ1) is 13.4. The first-order chi connectivity index (χ1) is 8.70. The highest BCUT2D eigenvalue weighted by atomic mass is 32.2. The molecule has 98 valence electrons. The van der Waals surface area contributed by atoms with Gasteiger partial charge in [-0.15, -0.1) is 0 Å². The molecule has 2 atom stereocenters. The molecule has 1 aliphatic rings. The smallest absolute Gasteiger partial charge is 0.157 e. The van der Waals surface area contributed by atoms with Crippen molar-refractivity contribution in [3.05, 3.63) is 35.6 Å². The molecule has 1 aromatic rings. The van der Waals surface area contributed by atoms with Gasteiger partial charge in [0.25, 0.3) is 0 Å². The molecule has 0 aromatic heterocycles. The minimum Gasteiger partial charge on any atom is -0.358 e. The van der Waals surface area contributed by atoms with Crippen LogP contribution in [0.5, 0.6) is 0 Å². The minimum absolute atomic E-state index is 0.0481. The lowest BCUT2D eigenvalue weighted by molar-refractivity contribution is 0.576. The van der Waals surface area contributed by atoms with Gasteiger partial charge in [0.1, 0.15) is 5.82 Å². The fourth-order valence-corrected chi connectivity index (χ4v) is 3.09. The number of halogens is 1. The van der Waals surface area contributed by atoms with Crippen LogP contribution >= 0.6 is 11.8 Å². The van der Waals surface area contributed by atoms with Crippen LogP contribution in [-0.4, -0.2) is 17.0 Å². The predicted molar refractivity (Wildman–Crippen MR) is 76.5 cm³/mol. The van der Waals surface area contributed by atoms with Crippen LogP contribution in [0, 0.1) is 5.82 Å². The lowest BCUT2D eigenvalue weighted by Crippen LogP contribution is -2.29. The van der Waals surface area contributed by atoms with Crippen molar-refractivity contribution < 1.29 is 4.39 Å². The largest absolute Gasteiger partial charge is 0.358 e. The predicted octanol–water partition coefficient (Wildman–Crippen LogP) is 3.75. The monoisotopic (exact) mass is 266 g/mol. The van der Waals surface area contributed by atoms with Gasteiger partial charge in [0.15, 0.2) is 5.17 Å². The summed E-state index contributed by atoms with van der Waals surface area (Å²) in [4.78, 5) is 4.64. The first-order valence-electron chi connectivity index (χ1n) is 6.42. The van der Waals surface area contributed by atoms with Crippen LogP contribution in [0.4, 0.5) is 4.39 Å². The van der Waals surface area contributed by atoms with Crippen molar-refractivity contribution in [3.63, 3.8) is 0 Å². The first-order valence-corrected chi connectivity index (χ1v) is 7.40. The SMILES string of the molecule is CCC1CCSC(NC(C)c2ccccc2F)=N1. The Morgan fingerprint density at radius 1 is 1.50 bits per heavy atom. The van der Waals surface area contributed by atoms with Crippen LogP contribution < -0.4 is 5.32 Å². The zero-order valence-electron chi connectivity index (χ0n) is 10.8. The topological polar surface area (TPSA) is 24.4 Å². The molecule has 0 spiro atoms. The lowest BCUT2D eigenvalue weighted by Gasteiger charge is -2.23. The van der Waals surface area contributed by atoms with Crippen molar-refractivity contribution in [2.45, 2.75) is 38.8 Å². The van der Waals surface area contributed by atoms with Crippen molar-refractivity contribution in [2.75, 3.05) is 5.75 Å². The van der Waals surface area contributed by atoms with Gasteiger partial charge in [-0.05, 0) is 25.8 Å². The minimum atomic E-state index is -0.161. The molecule has 2 nitrogen and oxygen atoms in total. The highest BCUT2D eigenvalue weighted by Crippen LogP contribution is 2.22. The number of thioether (sulfide) groups is 1. The zero-order chi connectivity index (χ0) is 13.0. The van der Waals surface area contributed by atoms with E-state index in [1.165, 1.54) is 6.07 Å². The van der Waals surface area contributed by atoms with Crippen LogP contribution in [0.15, 0.2) is 29.3 Å². The Labute approximate surface area is 112 Å². The molecule has 0 fully saturated rings. The molecule has 0 amide bonds. The average Bonchev–Trinajstić information content (AvgIpc) is 2.39.